The lowest BCUT2D eigenvalue weighted by Gasteiger charge is -2.05. The highest BCUT2D eigenvalue weighted by molar-refractivity contribution is 5.29. The highest BCUT2D eigenvalue weighted by Gasteiger charge is 2.23. The fourth-order valence-corrected chi connectivity index (χ4v) is 2.04. The number of hydrogen-bond acceptors (Lipinski definition) is 3. The van der Waals surface area contributed by atoms with Crippen LogP contribution in [0.3, 0.4) is 0 Å². The minimum atomic E-state index is 0.754. The molecule has 0 saturated heterocycles. The maximum atomic E-state index is 4.79. The van der Waals surface area contributed by atoms with Gasteiger partial charge in [0.1, 0.15) is 6.26 Å². The van der Waals surface area contributed by atoms with E-state index in [0.29, 0.717) is 0 Å². The zero-order valence-electron chi connectivity index (χ0n) is 9.73. The zero-order valence-corrected chi connectivity index (χ0v) is 9.73. The number of nitrogens with one attached hydrogen (secondary N) is 1. The van der Waals surface area contributed by atoms with Crippen LogP contribution >= 0.6 is 0 Å². The third-order valence-electron chi connectivity index (χ3n) is 3.13. The Labute approximate surface area is 101 Å². The van der Waals surface area contributed by atoms with Crippen molar-refractivity contribution >= 4 is 0 Å². The lowest BCUT2D eigenvalue weighted by molar-refractivity contribution is 0.408. The predicted octanol–water partition coefficient (Wildman–Crippen LogP) is 2.84. The van der Waals surface area contributed by atoms with Crippen LogP contribution in [0.5, 0.6) is 0 Å². The zero-order chi connectivity index (χ0) is 11.5. The van der Waals surface area contributed by atoms with E-state index < -0.39 is 0 Å². The van der Waals surface area contributed by atoms with E-state index >= 15 is 0 Å². The maximum Gasteiger partial charge on any atom is 0.124 e. The highest BCUT2D eigenvalue weighted by Crippen LogP contribution is 2.40. The molecule has 0 aliphatic heterocycles. The van der Waals surface area contributed by atoms with Gasteiger partial charge in [-0.15, -0.1) is 0 Å². The summed E-state index contributed by atoms with van der Waals surface area (Å²) in [5.74, 6) is 0.825. The Hall–Kier alpha value is -1.61. The molecule has 0 unspecified atom stereocenters. The number of hydrogen-bond donors (Lipinski definition) is 1. The Kier molecular flexibility index (Phi) is 2.92. The first-order valence-electron chi connectivity index (χ1n) is 6.10. The van der Waals surface area contributed by atoms with E-state index in [4.69, 9.17) is 4.52 Å². The summed E-state index contributed by atoms with van der Waals surface area (Å²) in [6.07, 6.45) is 4.32. The van der Waals surface area contributed by atoms with Gasteiger partial charge in [-0.25, -0.2) is 0 Å². The van der Waals surface area contributed by atoms with Gasteiger partial charge in [-0.1, -0.05) is 29.4 Å². The second kappa shape index (κ2) is 4.72. The Bertz CT molecular complexity index is 475. The van der Waals surface area contributed by atoms with Crippen LogP contribution < -0.4 is 5.32 Å². The molecule has 0 atom stereocenters. The molecule has 3 rings (SSSR count). The summed E-state index contributed by atoms with van der Waals surface area (Å²) in [7, 11) is 0. The fraction of sp³-hybridized carbons (Fsp3) is 0.357. The maximum absolute atomic E-state index is 4.79. The molecule has 3 heteroatoms. The van der Waals surface area contributed by atoms with Crippen molar-refractivity contribution in [2.75, 3.05) is 0 Å². The summed E-state index contributed by atoms with van der Waals surface area (Å²) in [6.45, 7) is 1.64. The molecule has 88 valence electrons. The summed E-state index contributed by atoms with van der Waals surface area (Å²) < 4.78 is 4.79. The van der Waals surface area contributed by atoms with E-state index in [-0.39, 0.29) is 0 Å². The van der Waals surface area contributed by atoms with Crippen LogP contribution in [0.25, 0.3) is 0 Å². The summed E-state index contributed by atoms with van der Waals surface area (Å²) >= 11 is 0. The van der Waals surface area contributed by atoms with Gasteiger partial charge >= 0.3 is 0 Å². The molecule has 0 spiro atoms. The first-order valence-corrected chi connectivity index (χ1v) is 6.10. The lowest BCUT2D eigenvalue weighted by atomic mass is 10.1. The quantitative estimate of drug-likeness (QED) is 0.855. The minimum absolute atomic E-state index is 0.754. The lowest BCUT2D eigenvalue weighted by Crippen LogP contribution is -2.12. The van der Waals surface area contributed by atoms with Crippen molar-refractivity contribution < 1.29 is 4.52 Å². The van der Waals surface area contributed by atoms with Crippen molar-refractivity contribution in [3.8, 4) is 0 Å². The van der Waals surface area contributed by atoms with Crippen molar-refractivity contribution in [1.29, 1.82) is 0 Å². The molecule has 1 aliphatic rings. The topological polar surface area (TPSA) is 38.1 Å². The average molecular weight is 228 g/mol. The Morgan fingerprint density at radius 2 is 2.18 bits per heavy atom. The second-order valence-electron chi connectivity index (χ2n) is 4.61. The normalized spacial score (nSPS) is 15.1. The van der Waals surface area contributed by atoms with Crippen LogP contribution in [0.15, 0.2) is 41.1 Å². The number of aromatic nitrogens is 1. The largest absolute Gasteiger partial charge is 0.364 e. The first kappa shape index (κ1) is 10.5. The molecule has 1 heterocycles. The third kappa shape index (κ3) is 2.74. The Morgan fingerprint density at radius 3 is 2.94 bits per heavy atom. The molecule has 0 amide bonds. The van der Waals surface area contributed by atoms with Crippen molar-refractivity contribution in [3.05, 3.63) is 53.4 Å². The van der Waals surface area contributed by atoms with Crippen LogP contribution in [-0.4, -0.2) is 5.16 Å². The minimum Gasteiger partial charge on any atom is -0.364 e. The smallest absolute Gasteiger partial charge is 0.124 e. The molecule has 1 N–H and O–H groups in total. The first-order chi connectivity index (χ1) is 8.42. The second-order valence-corrected chi connectivity index (χ2v) is 4.61. The molecule has 3 nitrogen and oxygen atoms in total. The van der Waals surface area contributed by atoms with Crippen LogP contribution in [0.4, 0.5) is 0 Å². The summed E-state index contributed by atoms with van der Waals surface area (Å²) in [5, 5.41) is 7.23. The standard InChI is InChI=1S/C14H16N2O/c1-2-11(8-13(3-1)12-4-5-12)9-15-10-14-6-7-17-16-14/h1-3,6-8,12,15H,4-5,9-10H2. The van der Waals surface area contributed by atoms with Gasteiger partial charge in [0, 0.05) is 19.2 Å². The van der Waals surface area contributed by atoms with Crippen molar-refractivity contribution in [2.45, 2.75) is 31.8 Å². The van der Waals surface area contributed by atoms with Crippen LogP contribution in [0, 0.1) is 0 Å². The van der Waals surface area contributed by atoms with Crippen LogP contribution in [0.1, 0.15) is 35.6 Å². The van der Waals surface area contributed by atoms with Gasteiger partial charge in [0.25, 0.3) is 0 Å². The molecule has 1 aromatic carbocycles. The van der Waals surface area contributed by atoms with E-state index in [1.165, 1.54) is 24.0 Å². The molecule has 0 bridgehead atoms. The fourth-order valence-electron chi connectivity index (χ4n) is 2.04. The van der Waals surface area contributed by atoms with Crippen molar-refractivity contribution in [1.82, 2.24) is 10.5 Å². The van der Waals surface area contributed by atoms with Crippen molar-refractivity contribution in [3.63, 3.8) is 0 Å². The van der Waals surface area contributed by atoms with Gasteiger partial charge in [-0.2, -0.15) is 0 Å². The van der Waals surface area contributed by atoms with Gasteiger partial charge in [-0.05, 0) is 29.9 Å². The van der Waals surface area contributed by atoms with Gasteiger partial charge < -0.3 is 9.84 Å². The Balaban J connectivity index is 1.55. The summed E-state index contributed by atoms with van der Waals surface area (Å²) in [5.41, 5.74) is 3.78. The molecular weight excluding hydrogens is 212 g/mol. The van der Waals surface area contributed by atoms with Crippen molar-refractivity contribution in [2.24, 2.45) is 0 Å². The Morgan fingerprint density at radius 1 is 1.24 bits per heavy atom. The van der Waals surface area contributed by atoms with E-state index in [9.17, 15) is 0 Å². The molecule has 0 radical (unpaired) electrons. The molecule has 17 heavy (non-hydrogen) atoms. The van der Waals surface area contributed by atoms with E-state index in [1.807, 2.05) is 6.07 Å². The average Bonchev–Trinajstić information content (AvgIpc) is 3.09. The molecule has 1 aliphatic carbocycles. The van der Waals surface area contributed by atoms with Gasteiger partial charge in [0.2, 0.25) is 0 Å². The SMILES string of the molecule is c1cc(CNCc2ccon2)cc(C2CC2)c1. The van der Waals surface area contributed by atoms with Crippen LogP contribution in [-0.2, 0) is 13.1 Å². The molecule has 1 fully saturated rings. The third-order valence-corrected chi connectivity index (χ3v) is 3.13. The molecule has 1 aromatic heterocycles. The van der Waals surface area contributed by atoms with Gasteiger partial charge in [0.15, 0.2) is 0 Å². The molecular formula is C14H16N2O. The van der Waals surface area contributed by atoms with E-state index in [2.05, 4.69) is 34.7 Å². The van der Waals surface area contributed by atoms with Crippen LogP contribution in [0.2, 0.25) is 0 Å². The summed E-state index contributed by atoms with van der Waals surface area (Å²) in [6, 6.07) is 10.8. The van der Waals surface area contributed by atoms with Gasteiger partial charge in [-0.3, -0.25) is 0 Å². The number of nitrogens with zero attached hydrogens (tertiary/aromatic N) is 1. The monoisotopic (exact) mass is 228 g/mol. The van der Waals surface area contributed by atoms with E-state index in [0.717, 1.165) is 24.7 Å². The summed E-state index contributed by atoms with van der Waals surface area (Å²) in [4.78, 5) is 0. The number of rotatable bonds is 5. The van der Waals surface area contributed by atoms with Gasteiger partial charge in [0.05, 0.1) is 5.69 Å². The number of benzene rings is 1. The van der Waals surface area contributed by atoms with E-state index in [1.54, 1.807) is 6.26 Å². The predicted molar refractivity (Wildman–Crippen MR) is 65.5 cm³/mol. The molecule has 1 saturated carbocycles. The molecule has 2 aromatic rings. The highest BCUT2D eigenvalue weighted by atomic mass is 16.5.